The lowest BCUT2D eigenvalue weighted by molar-refractivity contribution is -0.385. The van der Waals surface area contributed by atoms with Crippen LogP contribution in [0.15, 0.2) is 0 Å². The first-order valence-corrected chi connectivity index (χ1v) is 10.3. The second-order valence-corrected chi connectivity index (χ2v) is 8.30. The van der Waals surface area contributed by atoms with Crippen LogP contribution in [0.25, 0.3) is 0 Å². The second kappa shape index (κ2) is 10.4. The van der Waals surface area contributed by atoms with E-state index in [4.69, 9.17) is 23.7 Å². The zero-order valence-electron chi connectivity index (χ0n) is 17.4. The van der Waals surface area contributed by atoms with Crippen molar-refractivity contribution in [2.45, 2.75) is 106 Å². The molecular formula is C18H32O14. The Hall–Kier alpha value is -0.560. The molecule has 0 amide bonds. The molecule has 0 aromatic heterocycles. The highest BCUT2D eigenvalue weighted by Gasteiger charge is 2.53. The standard InChI is InChI=1S/C18H32O14/c1-4-7(20)10(23)12(25)17(28-4)31-14-9(22)6(3-19)30-16(27)15(14)32-18-13(26)11(24)8(21)5(2)29-18/h4-27H,3H2,1-2H3/t4-,5-,6+,7+,8+,9+,10+,11+,12-,13-,14-,15-,16?,17+,18+/m0/s1. The van der Waals surface area contributed by atoms with Crippen LogP contribution in [-0.4, -0.2) is 145 Å². The molecule has 3 saturated heterocycles. The predicted molar refractivity (Wildman–Crippen MR) is 98.4 cm³/mol. The number of hydrogen-bond acceptors (Lipinski definition) is 14. The summed E-state index contributed by atoms with van der Waals surface area (Å²) in [6.45, 7) is 2.10. The molecule has 0 bridgehead atoms. The van der Waals surface area contributed by atoms with E-state index in [1.165, 1.54) is 13.8 Å². The molecule has 15 atom stereocenters. The summed E-state index contributed by atoms with van der Waals surface area (Å²) in [5, 5.41) is 90.6. The van der Waals surface area contributed by atoms with Gasteiger partial charge in [0.1, 0.15) is 61.0 Å². The van der Waals surface area contributed by atoms with Crippen LogP contribution in [0.2, 0.25) is 0 Å². The highest BCUT2D eigenvalue weighted by molar-refractivity contribution is 4.95. The predicted octanol–water partition coefficient (Wildman–Crippen LogP) is -5.52. The van der Waals surface area contributed by atoms with Crippen LogP contribution >= 0.6 is 0 Å². The van der Waals surface area contributed by atoms with E-state index in [0.717, 1.165) is 0 Å². The van der Waals surface area contributed by atoms with E-state index in [2.05, 4.69) is 0 Å². The first kappa shape index (κ1) is 26.1. The summed E-state index contributed by atoms with van der Waals surface area (Å²) < 4.78 is 27.0. The van der Waals surface area contributed by atoms with Crippen LogP contribution in [-0.2, 0) is 23.7 Å². The number of aliphatic hydroxyl groups excluding tert-OH is 9. The zero-order chi connectivity index (χ0) is 23.9. The molecule has 3 aliphatic rings. The lowest BCUT2D eigenvalue weighted by Crippen LogP contribution is -2.66. The summed E-state index contributed by atoms with van der Waals surface area (Å²) in [7, 11) is 0. The third-order valence-electron chi connectivity index (χ3n) is 6.02. The van der Waals surface area contributed by atoms with E-state index in [1.54, 1.807) is 0 Å². The van der Waals surface area contributed by atoms with Gasteiger partial charge in [0.2, 0.25) is 0 Å². The summed E-state index contributed by atoms with van der Waals surface area (Å²) >= 11 is 0. The molecular weight excluding hydrogens is 440 g/mol. The smallest absolute Gasteiger partial charge is 0.187 e. The third-order valence-corrected chi connectivity index (χ3v) is 6.02. The van der Waals surface area contributed by atoms with Gasteiger partial charge in [0.15, 0.2) is 18.9 Å². The Labute approximate surface area is 183 Å². The minimum Gasteiger partial charge on any atom is -0.394 e. The quantitative estimate of drug-likeness (QED) is 0.182. The van der Waals surface area contributed by atoms with Crippen LogP contribution in [0.4, 0.5) is 0 Å². The Morgan fingerprint density at radius 2 is 1.00 bits per heavy atom. The van der Waals surface area contributed by atoms with Crippen molar-refractivity contribution in [1.29, 1.82) is 0 Å². The number of hydrogen-bond donors (Lipinski definition) is 9. The summed E-state index contributed by atoms with van der Waals surface area (Å²) in [4.78, 5) is 0. The number of aliphatic hydroxyl groups is 9. The van der Waals surface area contributed by atoms with Gasteiger partial charge in [-0.1, -0.05) is 0 Å². The highest BCUT2D eigenvalue weighted by Crippen LogP contribution is 2.32. The minimum atomic E-state index is -1.83. The second-order valence-electron chi connectivity index (χ2n) is 8.30. The molecule has 3 heterocycles. The largest absolute Gasteiger partial charge is 0.394 e. The lowest BCUT2D eigenvalue weighted by atomic mass is 9.96. The third kappa shape index (κ3) is 4.94. The van der Waals surface area contributed by atoms with Crippen LogP contribution in [0.3, 0.4) is 0 Å². The van der Waals surface area contributed by atoms with Crippen molar-refractivity contribution >= 4 is 0 Å². The molecule has 0 aliphatic carbocycles. The van der Waals surface area contributed by atoms with Crippen molar-refractivity contribution < 1.29 is 69.6 Å². The normalized spacial score (nSPS) is 55.0. The fourth-order valence-electron chi connectivity index (χ4n) is 3.92. The lowest BCUT2D eigenvalue weighted by Gasteiger charge is -2.48. The van der Waals surface area contributed by atoms with Crippen molar-refractivity contribution in [2.24, 2.45) is 0 Å². The summed E-state index contributed by atoms with van der Waals surface area (Å²) in [5.41, 5.74) is 0. The topological polar surface area (TPSA) is 228 Å². The molecule has 3 aliphatic heterocycles. The molecule has 3 fully saturated rings. The van der Waals surface area contributed by atoms with Crippen LogP contribution < -0.4 is 0 Å². The monoisotopic (exact) mass is 472 g/mol. The number of rotatable bonds is 5. The van der Waals surface area contributed by atoms with E-state index in [0.29, 0.717) is 0 Å². The van der Waals surface area contributed by atoms with E-state index in [1.807, 2.05) is 0 Å². The van der Waals surface area contributed by atoms with Gasteiger partial charge in [-0.2, -0.15) is 0 Å². The SMILES string of the molecule is C[C@@H]1O[C@H](O[C@@H]2C(O)O[C@H](CO)[C@@H](O)[C@@H]2O[C@H]2O[C@@H](C)[C@@H](O)[C@@H](O)[C@@H]2O)[C@@H](O)[C@H](O)[C@@H]1O. The van der Waals surface area contributed by atoms with Gasteiger partial charge in [-0.3, -0.25) is 0 Å². The maximum absolute atomic E-state index is 10.6. The van der Waals surface area contributed by atoms with Gasteiger partial charge >= 0.3 is 0 Å². The molecule has 0 aromatic carbocycles. The van der Waals surface area contributed by atoms with Gasteiger partial charge in [0.25, 0.3) is 0 Å². The molecule has 14 heteroatoms. The number of ether oxygens (including phenoxy) is 5. The maximum Gasteiger partial charge on any atom is 0.187 e. The van der Waals surface area contributed by atoms with Gasteiger partial charge in [-0.05, 0) is 13.8 Å². The van der Waals surface area contributed by atoms with Gasteiger partial charge in [-0.15, -0.1) is 0 Å². The van der Waals surface area contributed by atoms with Gasteiger partial charge in [0, 0.05) is 0 Å². The fourth-order valence-corrected chi connectivity index (χ4v) is 3.92. The molecule has 0 radical (unpaired) electrons. The van der Waals surface area contributed by atoms with Crippen LogP contribution in [0, 0.1) is 0 Å². The van der Waals surface area contributed by atoms with Gasteiger partial charge < -0.3 is 69.6 Å². The van der Waals surface area contributed by atoms with E-state index in [-0.39, 0.29) is 0 Å². The molecule has 9 N–H and O–H groups in total. The maximum atomic E-state index is 10.6. The molecule has 3 rings (SSSR count). The van der Waals surface area contributed by atoms with Crippen LogP contribution in [0.1, 0.15) is 13.8 Å². The van der Waals surface area contributed by atoms with Gasteiger partial charge in [0.05, 0.1) is 18.8 Å². The van der Waals surface area contributed by atoms with Crippen molar-refractivity contribution in [3.8, 4) is 0 Å². The summed E-state index contributed by atoms with van der Waals surface area (Å²) in [6, 6.07) is 0. The van der Waals surface area contributed by atoms with E-state index in [9.17, 15) is 46.0 Å². The van der Waals surface area contributed by atoms with Crippen molar-refractivity contribution in [3.63, 3.8) is 0 Å². The average molecular weight is 472 g/mol. The summed E-state index contributed by atoms with van der Waals surface area (Å²) in [5.74, 6) is 0. The first-order chi connectivity index (χ1) is 15.0. The molecule has 0 saturated carbocycles. The average Bonchev–Trinajstić information content (AvgIpc) is 2.76. The Morgan fingerprint density at radius 3 is 1.44 bits per heavy atom. The van der Waals surface area contributed by atoms with Gasteiger partial charge in [-0.25, -0.2) is 0 Å². The van der Waals surface area contributed by atoms with Crippen molar-refractivity contribution in [1.82, 2.24) is 0 Å². The molecule has 188 valence electrons. The molecule has 32 heavy (non-hydrogen) atoms. The fraction of sp³-hybridized carbons (Fsp3) is 1.00. The van der Waals surface area contributed by atoms with E-state index < -0.39 is 98.7 Å². The van der Waals surface area contributed by atoms with Crippen molar-refractivity contribution in [2.75, 3.05) is 6.61 Å². The van der Waals surface area contributed by atoms with Crippen molar-refractivity contribution in [3.05, 3.63) is 0 Å². The highest BCUT2D eigenvalue weighted by atomic mass is 16.8. The molecule has 1 unspecified atom stereocenters. The van der Waals surface area contributed by atoms with E-state index >= 15 is 0 Å². The Kier molecular flexibility index (Phi) is 8.44. The minimum absolute atomic E-state index is 0.721. The first-order valence-electron chi connectivity index (χ1n) is 10.3. The zero-order valence-corrected chi connectivity index (χ0v) is 17.4. The summed E-state index contributed by atoms with van der Waals surface area (Å²) in [6.07, 6.45) is -22.6. The Morgan fingerprint density at radius 1 is 0.562 bits per heavy atom. The molecule has 0 aromatic rings. The Bertz CT molecular complexity index is 610. The molecule has 0 spiro atoms. The van der Waals surface area contributed by atoms with Crippen LogP contribution in [0.5, 0.6) is 0 Å². The Balaban J connectivity index is 1.81. The molecule has 14 nitrogen and oxygen atoms in total.